The lowest BCUT2D eigenvalue weighted by Gasteiger charge is -2.34. The van der Waals surface area contributed by atoms with E-state index < -0.39 is 10.0 Å². The summed E-state index contributed by atoms with van der Waals surface area (Å²) >= 11 is 0. The van der Waals surface area contributed by atoms with Crippen LogP contribution in [-0.4, -0.2) is 55.4 Å². The summed E-state index contributed by atoms with van der Waals surface area (Å²) in [6.45, 7) is 2.29. The first-order valence-electron chi connectivity index (χ1n) is 9.12. The van der Waals surface area contributed by atoms with Crippen molar-refractivity contribution >= 4 is 44.5 Å². The molecule has 1 aliphatic heterocycles. The predicted molar refractivity (Wildman–Crippen MR) is 115 cm³/mol. The van der Waals surface area contributed by atoms with Crippen molar-refractivity contribution in [3.05, 3.63) is 53.7 Å². The van der Waals surface area contributed by atoms with E-state index in [0.717, 1.165) is 27.8 Å². The van der Waals surface area contributed by atoms with Gasteiger partial charge < -0.3 is 10.6 Å². The van der Waals surface area contributed by atoms with Gasteiger partial charge in [0.1, 0.15) is 0 Å². The molecule has 8 heteroatoms. The van der Waals surface area contributed by atoms with Gasteiger partial charge in [-0.1, -0.05) is 30.3 Å². The molecule has 0 bridgehead atoms. The molecular weight excluding hydrogens is 374 g/mol. The molecule has 0 spiro atoms. The standard InChI is InChI=1S/C20H23N5O2S/c1-28(26,27)25-12-10-24(11-13-25)16-8-6-15(18(21)14-16)7-9-20-17-4-2-3-5-19(17)22-23-20/h2-9,14H,10-13,21H2,1H3,(H,22,23)/b9-7+. The number of piperazine rings is 1. The molecule has 0 amide bonds. The lowest BCUT2D eigenvalue weighted by Crippen LogP contribution is -2.48. The quantitative estimate of drug-likeness (QED) is 0.659. The Morgan fingerprint density at radius 2 is 1.82 bits per heavy atom. The number of benzene rings is 2. The van der Waals surface area contributed by atoms with Crippen LogP contribution in [0.1, 0.15) is 11.3 Å². The molecule has 1 fully saturated rings. The van der Waals surface area contributed by atoms with Crippen LogP contribution in [0.4, 0.5) is 11.4 Å². The number of rotatable bonds is 4. The SMILES string of the molecule is CS(=O)(=O)N1CCN(c2ccc(/C=C/c3n[nH]c4ccccc34)c(N)c2)CC1. The Labute approximate surface area is 164 Å². The van der Waals surface area contributed by atoms with Gasteiger partial charge in [-0.05, 0) is 29.8 Å². The molecule has 7 nitrogen and oxygen atoms in total. The smallest absolute Gasteiger partial charge is 0.211 e. The lowest BCUT2D eigenvalue weighted by atomic mass is 10.1. The summed E-state index contributed by atoms with van der Waals surface area (Å²) in [4.78, 5) is 2.16. The number of hydrogen-bond donors (Lipinski definition) is 2. The van der Waals surface area contributed by atoms with Gasteiger partial charge in [0.05, 0.1) is 17.5 Å². The van der Waals surface area contributed by atoms with Gasteiger partial charge in [0.2, 0.25) is 10.0 Å². The molecule has 0 aliphatic carbocycles. The largest absolute Gasteiger partial charge is 0.398 e. The highest BCUT2D eigenvalue weighted by Gasteiger charge is 2.23. The highest BCUT2D eigenvalue weighted by Crippen LogP contribution is 2.25. The minimum Gasteiger partial charge on any atom is -0.398 e. The van der Waals surface area contributed by atoms with Gasteiger partial charge >= 0.3 is 0 Å². The van der Waals surface area contributed by atoms with Crippen LogP contribution in [0.5, 0.6) is 0 Å². The van der Waals surface area contributed by atoms with Crippen molar-refractivity contribution in [1.82, 2.24) is 14.5 Å². The van der Waals surface area contributed by atoms with E-state index in [4.69, 9.17) is 5.73 Å². The van der Waals surface area contributed by atoms with Crippen molar-refractivity contribution in [1.29, 1.82) is 0 Å². The average molecular weight is 398 g/mol. The number of aromatic nitrogens is 2. The van der Waals surface area contributed by atoms with Crippen molar-refractivity contribution < 1.29 is 8.42 Å². The first-order chi connectivity index (χ1) is 13.4. The second-order valence-electron chi connectivity index (χ2n) is 6.95. The zero-order valence-electron chi connectivity index (χ0n) is 15.7. The topological polar surface area (TPSA) is 95.3 Å². The van der Waals surface area contributed by atoms with E-state index >= 15 is 0 Å². The summed E-state index contributed by atoms with van der Waals surface area (Å²) in [5, 5.41) is 8.43. The predicted octanol–water partition coefficient (Wildman–Crippen LogP) is 2.40. The molecule has 1 aliphatic rings. The first-order valence-corrected chi connectivity index (χ1v) is 11.0. The summed E-state index contributed by atoms with van der Waals surface area (Å²) in [6.07, 6.45) is 5.17. The molecular formula is C20H23N5O2S. The van der Waals surface area contributed by atoms with Gasteiger partial charge in [-0.3, -0.25) is 5.10 Å². The average Bonchev–Trinajstić information content (AvgIpc) is 3.10. The van der Waals surface area contributed by atoms with Crippen LogP contribution < -0.4 is 10.6 Å². The number of aromatic amines is 1. The summed E-state index contributed by atoms with van der Waals surface area (Å²) in [5.74, 6) is 0. The number of nitrogen functional groups attached to an aromatic ring is 1. The molecule has 4 rings (SSSR count). The molecule has 1 saturated heterocycles. The molecule has 28 heavy (non-hydrogen) atoms. The number of hydrogen-bond acceptors (Lipinski definition) is 5. The summed E-state index contributed by atoms with van der Waals surface area (Å²) in [6, 6.07) is 13.9. The van der Waals surface area contributed by atoms with Crippen molar-refractivity contribution in [2.24, 2.45) is 0 Å². The number of nitrogens with one attached hydrogen (secondary N) is 1. The van der Waals surface area contributed by atoms with Crippen molar-refractivity contribution in [3.63, 3.8) is 0 Å². The van der Waals surface area contributed by atoms with Gasteiger partial charge in [-0.2, -0.15) is 9.40 Å². The van der Waals surface area contributed by atoms with Crippen molar-refractivity contribution in [2.45, 2.75) is 0 Å². The number of fused-ring (bicyclic) bond motifs is 1. The maximum Gasteiger partial charge on any atom is 0.211 e. The molecule has 3 N–H and O–H groups in total. The molecule has 3 aromatic rings. The second-order valence-corrected chi connectivity index (χ2v) is 8.93. The normalized spacial score (nSPS) is 16.2. The molecule has 1 aromatic heterocycles. The Balaban J connectivity index is 1.49. The Morgan fingerprint density at radius 3 is 2.54 bits per heavy atom. The van der Waals surface area contributed by atoms with Crippen molar-refractivity contribution in [3.8, 4) is 0 Å². The molecule has 0 radical (unpaired) electrons. The first kappa shape index (κ1) is 18.5. The van der Waals surface area contributed by atoms with Gasteiger partial charge in [0.25, 0.3) is 0 Å². The maximum atomic E-state index is 11.7. The maximum absolute atomic E-state index is 11.7. The zero-order valence-corrected chi connectivity index (χ0v) is 16.5. The number of nitrogens with zero attached hydrogens (tertiary/aromatic N) is 3. The highest BCUT2D eigenvalue weighted by atomic mass is 32.2. The Hall–Kier alpha value is -2.84. The zero-order chi connectivity index (χ0) is 19.7. The van der Waals surface area contributed by atoms with Crippen LogP contribution >= 0.6 is 0 Å². The molecule has 146 valence electrons. The van der Waals surface area contributed by atoms with Crippen molar-refractivity contribution in [2.75, 3.05) is 43.1 Å². The van der Waals surface area contributed by atoms with Gasteiger partial charge in [-0.25, -0.2) is 8.42 Å². The second kappa shape index (κ2) is 7.29. The molecule has 0 saturated carbocycles. The number of anilines is 2. The fraction of sp³-hybridized carbons (Fsp3) is 0.250. The van der Waals surface area contributed by atoms with E-state index in [1.165, 1.54) is 10.6 Å². The van der Waals surface area contributed by atoms with E-state index in [9.17, 15) is 8.42 Å². The summed E-state index contributed by atoms with van der Waals surface area (Å²) < 4.78 is 24.8. The molecule has 2 heterocycles. The van der Waals surface area contributed by atoms with Crippen LogP contribution in [0.3, 0.4) is 0 Å². The third kappa shape index (κ3) is 3.74. The van der Waals surface area contributed by atoms with Crippen LogP contribution in [0.15, 0.2) is 42.5 Å². The fourth-order valence-electron chi connectivity index (χ4n) is 3.47. The van der Waals surface area contributed by atoms with E-state index in [1.807, 2.05) is 54.6 Å². The molecule has 0 atom stereocenters. The van der Waals surface area contributed by atoms with Crippen LogP contribution in [-0.2, 0) is 10.0 Å². The highest BCUT2D eigenvalue weighted by molar-refractivity contribution is 7.88. The minimum absolute atomic E-state index is 0.493. The molecule has 0 unspecified atom stereocenters. The van der Waals surface area contributed by atoms with Gasteiger partial charge in [0.15, 0.2) is 0 Å². The van der Waals surface area contributed by atoms with E-state index in [0.29, 0.717) is 31.9 Å². The van der Waals surface area contributed by atoms with Crippen LogP contribution in [0.2, 0.25) is 0 Å². The molecule has 2 aromatic carbocycles. The number of nitrogens with two attached hydrogens (primary N) is 1. The summed E-state index contributed by atoms with van der Waals surface area (Å²) in [7, 11) is -3.13. The van der Waals surface area contributed by atoms with E-state index in [1.54, 1.807) is 0 Å². The number of H-pyrrole nitrogens is 1. The minimum atomic E-state index is -3.13. The number of sulfonamides is 1. The third-order valence-electron chi connectivity index (χ3n) is 5.06. The fourth-order valence-corrected chi connectivity index (χ4v) is 4.30. The van der Waals surface area contributed by atoms with Gasteiger partial charge in [-0.15, -0.1) is 0 Å². The summed E-state index contributed by atoms with van der Waals surface area (Å²) in [5.41, 5.74) is 10.7. The lowest BCUT2D eigenvalue weighted by molar-refractivity contribution is 0.388. The Bertz CT molecular complexity index is 1130. The Kier molecular flexibility index (Phi) is 4.82. The third-order valence-corrected chi connectivity index (χ3v) is 6.37. The van der Waals surface area contributed by atoms with Crippen LogP contribution in [0, 0.1) is 0 Å². The van der Waals surface area contributed by atoms with Crippen LogP contribution in [0.25, 0.3) is 23.1 Å². The monoisotopic (exact) mass is 397 g/mol. The Morgan fingerprint density at radius 1 is 1.07 bits per heavy atom. The van der Waals surface area contributed by atoms with E-state index in [2.05, 4.69) is 15.1 Å². The number of para-hydroxylation sites is 1. The van der Waals surface area contributed by atoms with Gasteiger partial charge in [0, 0.05) is 42.9 Å². The van der Waals surface area contributed by atoms with E-state index in [-0.39, 0.29) is 0 Å².